The van der Waals surface area contributed by atoms with E-state index in [-0.39, 0.29) is 49.4 Å². The van der Waals surface area contributed by atoms with Gasteiger partial charge in [0, 0.05) is 37.1 Å². The van der Waals surface area contributed by atoms with Gasteiger partial charge in [0.25, 0.3) is 5.91 Å². The highest BCUT2D eigenvalue weighted by Crippen LogP contribution is 2.52. The fraction of sp³-hybridized carbons (Fsp3) is 0.513. The van der Waals surface area contributed by atoms with Gasteiger partial charge in [-0.25, -0.2) is 19.6 Å². The fourth-order valence-corrected chi connectivity index (χ4v) is 9.31. The lowest BCUT2D eigenvalue weighted by molar-refractivity contribution is -0.146. The van der Waals surface area contributed by atoms with Crippen molar-refractivity contribution in [2.45, 2.75) is 75.3 Å². The summed E-state index contributed by atoms with van der Waals surface area (Å²) in [5.74, 6) is -2.09. The smallest absolute Gasteiger partial charge is 0.434 e. The Morgan fingerprint density at radius 1 is 1.06 bits per heavy atom. The number of anilines is 2. The van der Waals surface area contributed by atoms with E-state index in [0.29, 0.717) is 63.4 Å². The number of hydrogen-bond donors (Lipinski definition) is 2. The Morgan fingerprint density at radius 3 is 2.54 bits per heavy atom. The number of amides is 2. The number of likely N-dealkylation sites (tertiary alicyclic amines) is 1. The number of aliphatic carboxylic acids is 1. The molecule has 3 aromatic rings. The van der Waals surface area contributed by atoms with E-state index in [1.807, 2.05) is 43.3 Å². The number of hydrogen-bond acceptors (Lipinski definition) is 9. The van der Waals surface area contributed by atoms with E-state index >= 15 is 0 Å². The predicted molar refractivity (Wildman–Crippen MR) is 187 cm³/mol. The molecule has 2 aliphatic carbocycles. The highest BCUT2D eigenvalue weighted by molar-refractivity contribution is 5.99. The van der Waals surface area contributed by atoms with Gasteiger partial charge < -0.3 is 34.4 Å². The molecule has 2 saturated carbocycles. The largest absolute Gasteiger partial charge is 0.487 e. The Hall–Kier alpha value is -4.92. The van der Waals surface area contributed by atoms with Crippen LogP contribution in [-0.4, -0.2) is 82.4 Å². The van der Waals surface area contributed by atoms with Gasteiger partial charge in [-0.1, -0.05) is 37.3 Å². The van der Waals surface area contributed by atoms with E-state index in [4.69, 9.17) is 14.2 Å². The van der Waals surface area contributed by atoms with Gasteiger partial charge in [-0.05, 0) is 85.6 Å². The number of nitrogens with zero attached hydrogens (tertiary/aromatic N) is 4. The molecule has 1 spiro atoms. The Bertz CT molecular complexity index is 1930. The Balaban J connectivity index is 1.01. The van der Waals surface area contributed by atoms with Crippen molar-refractivity contribution >= 4 is 29.6 Å². The molecule has 5 aliphatic rings. The lowest BCUT2D eigenvalue weighted by Gasteiger charge is -2.38. The van der Waals surface area contributed by atoms with Crippen LogP contribution in [0.3, 0.4) is 0 Å². The van der Waals surface area contributed by atoms with E-state index < -0.39 is 46.4 Å². The zero-order valence-corrected chi connectivity index (χ0v) is 29.8. The molecule has 2 saturated heterocycles. The van der Waals surface area contributed by atoms with Gasteiger partial charge >= 0.3 is 18.2 Å². The predicted octanol–water partition coefficient (Wildman–Crippen LogP) is 6.10. The van der Waals surface area contributed by atoms with Crippen LogP contribution in [0.25, 0.3) is 0 Å². The molecule has 12 nitrogen and oxygen atoms in total. The second-order valence-electron chi connectivity index (χ2n) is 15.6. The van der Waals surface area contributed by atoms with Crippen molar-refractivity contribution in [3.63, 3.8) is 0 Å². The molecule has 4 heterocycles. The maximum atomic E-state index is 14.7. The summed E-state index contributed by atoms with van der Waals surface area (Å²) in [6.45, 7) is 4.09. The Kier molecular flexibility index (Phi) is 9.18. The lowest BCUT2D eigenvalue weighted by Crippen LogP contribution is -2.57. The summed E-state index contributed by atoms with van der Waals surface area (Å²) >= 11 is 0. The molecular formula is C39H42F3N5O7. The number of carbonyl (C=O) groups is 3. The molecule has 54 heavy (non-hydrogen) atoms. The van der Waals surface area contributed by atoms with Crippen LogP contribution in [0.4, 0.5) is 29.6 Å². The number of aromatic nitrogens is 2. The first-order valence-corrected chi connectivity index (χ1v) is 18.5. The third-order valence-electron chi connectivity index (χ3n) is 12.0. The molecule has 286 valence electrons. The number of benzene rings is 2. The maximum Gasteiger partial charge on any atom is 0.434 e. The van der Waals surface area contributed by atoms with E-state index in [0.717, 1.165) is 23.7 Å². The summed E-state index contributed by atoms with van der Waals surface area (Å²) < 4.78 is 61.4. The van der Waals surface area contributed by atoms with Crippen molar-refractivity contribution in [1.82, 2.24) is 20.2 Å². The van der Waals surface area contributed by atoms with E-state index in [2.05, 4.69) is 15.3 Å². The van der Waals surface area contributed by atoms with Gasteiger partial charge in [-0.15, -0.1) is 0 Å². The van der Waals surface area contributed by atoms with Crippen LogP contribution in [0.15, 0.2) is 54.7 Å². The van der Waals surface area contributed by atoms with E-state index in [1.165, 1.54) is 0 Å². The molecule has 1 aromatic heterocycles. The fourth-order valence-electron chi connectivity index (χ4n) is 9.31. The first-order valence-electron chi connectivity index (χ1n) is 18.5. The first kappa shape index (κ1) is 36.1. The second-order valence-corrected chi connectivity index (χ2v) is 15.6. The normalized spacial score (nSPS) is 25.9. The Labute approximate surface area is 310 Å². The standard InChI is InChI=1S/C39H42F3N5O7/c1-23-13-25-15-26(14-23)38(17-25,34(49)50)45-33(48)29-18-43-35(44-32(29)39(40,41)42)47-22-37(9-11-52-12-10-37)30-16-27(7-8-31(30)47)54-28-19-46(20-28)36(51)53-21-24-5-3-2-4-6-24/h2-8,16,18,23,25-26,28H,9-15,17,19-22H2,1H3,(H,45,48)(H,49,50). The van der Waals surface area contributed by atoms with Crippen LogP contribution in [0.2, 0.25) is 0 Å². The molecule has 2 aromatic carbocycles. The summed E-state index contributed by atoms with van der Waals surface area (Å²) in [4.78, 5) is 50.2. The number of rotatable bonds is 8. The average molecular weight is 750 g/mol. The molecule has 2 amide bonds. The Morgan fingerprint density at radius 2 is 1.81 bits per heavy atom. The van der Waals surface area contributed by atoms with Crippen molar-refractivity contribution in [3.05, 3.63) is 77.1 Å². The van der Waals surface area contributed by atoms with Crippen molar-refractivity contribution in [1.29, 1.82) is 0 Å². The molecule has 2 N–H and O–H groups in total. The topological polar surface area (TPSA) is 143 Å². The molecule has 15 heteroatoms. The van der Waals surface area contributed by atoms with Crippen LogP contribution in [0.1, 0.15) is 72.6 Å². The highest BCUT2D eigenvalue weighted by atomic mass is 19.4. The SMILES string of the molecule is CC1CC2CC(C1)C(NC(=O)c1cnc(N3CC4(CCOCC4)c4cc(OC5CN(C(=O)OCc6ccccc6)C5)ccc43)nc1C(F)(F)F)(C(=O)O)C2. The van der Waals surface area contributed by atoms with Gasteiger partial charge in [0.05, 0.1) is 18.7 Å². The molecule has 3 aliphatic heterocycles. The molecule has 0 radical (unpaired) electrons. The number of alkyl halides is 3. The minimum Gasteiger partial charge on any atom is -0.487 e. The second kappa shape index (κ2) is 13.7. The number of nitrogens with one attached hydrogen (secondary N) is 1. The quantitative estimate of drug-likeness (QED) is 0.277. The van der Waals surface area contributed by atoms with Gasteiger partial charge in [-0.3, -0.25) is 4.79 Å². The minimum absolute atomic E-state index is 0.0758. The van der Waals surface area contributed by atoms with Crippen molar-refractivity contribution in [3.8, 4) is 5.75 Å². The number of carboxylic acids is 1. The van der Waals surface area contributed by atoms with Crippen molar-refractivity contribution < 1.29 is 46.9 Å². The van der Waals surface area contributed by atoms with E-state index in [9.17, 15) is 32.7 Å². The summed E-state index contributed by atoms with van der Waals surface area (Å²) in [7, 11) is 0. The van der Waals surface area contributed by atoms with Crippen LogP contribution >= 0.6 is 0 Å². The zero-order valence-electron chi connectivity index (χ0n) is 29.8. The minimum atomic E-state index is -5.03. The average Bonchev–Trinajstić information content (AvgIpc) is 3.58. The van der Waals surface area contributed by atoms with Gasteiger partial charge in [0.2, 0.25) is 5.95 Å². The van der Waals surface area contributed by atoms with Crippen molar-refractivity contribution in [2.75, 3.05) is 37.7 Å². The maximum absolute atomic E-state index is 14.7. The van der Waals surface area contributed by atoms with Crippen LogP contribution in [0, 0.1) is 17.8 Å². The third-order valence-corrected chi connectivity index (χ3v) is 12.0. The summed E-state index contributed by atoms with van der Waals surface area (Å²) in [6, 6.07) is 14.8. The van der Waals surface area contributed by atoms with E-state index in [1.54, 1.807) is 21.9 Å². The first-order chi connectivity index (χ1) is 25.8. The molecular weight excluding hydrogens is 707 g/mol. The number of ether oxygens (including phenoxy) is 3. The zero-order chi connectivity index (χ0) is 37.8. The summed E-state index contributed by atoms with van der Waals surface area (Å²) in [5, 5.41) is 12.8. The van der Waals surface area contributed by atoms with Gasteiger partial charge in [0.1, 0.15) is 24.0 Å². The number of fused-ring (bicyclic) bond motifs is 4. The van der Waals surface area contributed by atoms with Gasteiger partial charge in [0.15, 0.2) is 5.69 Å². The van der Waals surface area contributed by atoms with Crippen LogP contribution in [-0.2, 0) is 32.5 Å². The van der Waals surface area contributed by atoms with Crippen LogP contribution < -0.4 is 15.0 Å². The molecule has 4 atom stereocenters. The lowest BCUT2D eigenvalue weighted by atomic mass is 9.76. The van der Waals surface area contributed by atoms with Crippen LogP contribution in [0.5, 0.6) is 5.75 Å². The summed E-state index contributed by atoms with van der Waals surface area (Å²) in [5.41, 5.74) is -2.00. The molecule has 4 unspecified atom stereocenters. The molecule has 8 rings (SSSR count). The number of halogens is 3. The number of carboxylic acid groups (broad SMARTS) is 1. The monoisotopic (exact) mass is 749 g/mol. The van der Waals surface area contributed by atoms with Gasteiger partial charge in [-0.2, -0.15) is 13.2 Å². The molecule has 4 fully saturated rings. The third kappa shape index (κ3) is 6.60. The number of carbonyl (C=O) groups excluding carboxylic acids is 2. The molecule has 2 bridgehead atoms. The highest BCUT2D eigenvalue weighted by Gasteiger charge is 2.57. The van der Waals surface area contributed by atoms with Crippen molar-refractivity contribution in [2.24, 2.45) is 17.8 Å². The summed E-state index contributed by atoms with van der Waals surface area (Å²) in [6.07, 6.45) is -1.48.